The van der Waals surface area contributed by atoms with Crippen molar-refractivity contribution in [1.82, 2.24) is 0 Å². The molecule has 0 spiro atoms. The van der Waals surface area contributed by atoms with Gasteiger partial charge in [-0.2, -0.15) is 0 Å². The molecule has 0 heterocycles. The van der Waals surface area contributed by atoms with Gasteiger partial charge in [-0.1, -0.05) is 35.9 Å². The first-order chi connectivity index (χ1) is 3.39. The first kappa shape index (κ1) is 9.27. The zero-order valence-corrected chi connectivity index (χ0v) is 11.7. The first-order valence-corrected chi connectivity index (χ1v) is 2.41. The fourth-order valence-corrected chi connectivity index (χ4v) is 0.534. The summed E-state index contributed by atoms with van der Waals surface area (Å²) < 4.78 is 0. The van der Waals surface area contributed by atoms with Gasteiger partial charge in [0.2, 0.25) is 0 Å². The summed E-state index contributed by atoms with van der Waals surface area (Å²) in [6.07, 6.45) is 0. The van der Waals surface area contributed by atoms with E-state index >= 15 is 0 Å². The Morgan fingerprint density at radius 2 is 1.62 bits per heavy atom. The molecule has 0 aromatic heterocycles. The molecule has 1 aromatic rings. The van der Waals surface area contributed by atoms with Crippen molar-refractivity contribution < 1.29 is 70.3 Å². The zero-order chi connectivity index (χ0) is 5.11. The summed E-state index contributed by atoms with van der Waals surface area (Å²) in [6.45, 7) is 2.08. The van der Waals surface area contributed by atoms with Gasteiger partial charge in [0.05, 0.1) is 0 Å². The van der Waals surface area contributed by atoms with E-state index in [0.717, 1.165) is 0 Å². The van der Waals surface area contributed by atoms with E-state index in [4.69, 9.17) is 0 Å². The molecule has 8 heavy (non-hydrogen) atoms. The largest absolute Gasteiger partial charge is 1.00 e. The maximum absolute atomic E-state index is 2.08. The molecule has 38 valence electrons. The summed E-state index contributed by atoms with van der Waals surface area (Å²) in [7, 11) is 0. The Morgan fingerprint density at radius 3 is 1.88 bits per heavy atom. The molecule has 0 saturated carbocycles. The van der Waals surface area contributed by atoms with Crippen LogP contribution in [0.15, 0.2) is 30.3 Å². The monoisotopic (exact) mass is 226 g/mol. The molecule has 0 fully saturated rings. The van der Waals surface area contributed by atoms with Gasteiger partial charge in [0.25, 0.3) is 0 Å². The van der Waals surface area contributed by atoms with E-state index in [2.05, 4.69) is 19.1 Å². The van der Waals surface area contributed by atoms with Crippen LogP contribution in [0.2, 0.25) is 0 Å². The second-order valence-corrected chi connectivity index (χ2v) is 1.65. The van der Waals surface area contributed by atoms with E-state index in [0.29, 0.717) is 0 Å². The number of hydrogen-bond acceptors (Lipinski definition) is 0. The van der Waals surface area contributed by atoms with Crippen LogP contribution in [0.3, 0.4) is 0 Å². The molecule has 0 radical (unpaired) electrons. The van der Waals surface area contributed by atoms with Crippen molar-refractivity contribution in [3.63, 3.8) is 0 Å². The average molecular weight is 226 g/mol. The molecule has 0 saturated heterocycles. The summed E-state index contributed by atoms with van der Waals surface area (Å²) in [4.78, 5) is 0. The van der Waals surface area contributed by atoms with E-state index in [1.807, 2.05) is 18.2 Å². The van der Waals surface area contributed by atoms with Crippen molar-refractivity contribution in [2.45, 2.75) is 6.92 Å². The van der Waals surface area contributed by atoms with Crippen molar-refractivity contribution in [3.8, 4) is 0 Å². The number of rotatable bonds is 0. The van der Waals surface area contributed by atoms with Crippen LogP contribution < -0.4 is 68.9 Å². The first-order valence-electron chi connectivity index (χ1n) is 2.41. The predicted octanol–water partition coefficient (Wildman–Crippen LogP) is -0.888. The Bertz CT molecular complexity index is 139. The maximum atomic E-state index is 2.08. The van der Waals surface area contributed by atoms with Gasteiger partial charge in [-0.25, -0.2) is 0 Å². The molecule has 0 nitrogen and oxygen atoms in total. The Balaban J connectivity index is 0. The minimum absolute atomic E-state index is 0. The van der Waals surface area contributed by atoms with Crippen LogP contribution in [-0.4, -0.2) is 0 Å². The second-order valence-electron chi connectivity index (χ2n) is 1.65. The molecular formula is C7H9Cs. The van der Waals surface area contributed by atoms with Crippen molar-refractivity contribution in [1.29, 1.82) is 0 Å². The molecule has 1 heteroatoms. The predicted molar refractivity (Wildman–Crippen MR) is 32.3 cm³/mol. The van der Waals surface area contributed by atoms with Crippen molar-refractivity contribution in [2.24, 2.45) is 0 Å². The second kappa shape index (κ2) is 5.09. The normalized spacial score (nSPS) is 7.62. The van der Waals surface area contributed by atoms with Gasteiger partial charge in [0, 0.05) is 0 Å². The van der Waals surface area contributed by atoms with Crippen molar-refractivity contribution >= 4 is 0 Å². The van der Waals surface area contributed by atoms with Crippen molar-refractivity contribution in [3.05, 3.63) is 35.9 Å². The van der Waals surface area contributed by atoms with Crippen LogP contribution in [0, 0.1) is 6.92 Å². The third-order valence-electron chi connectivity index (χ3n) is 0.940. The molecule has 0 bridgehead atoms. The third kappa shape index (κ3) is 3.33. The number of benzene rings is 1. The van der Waals surface area contributed by atoms with E-state index in [9.17, 15) is 0 Å². The summed E-state index contributed by atoms with van der Waals surface area (Å²) >= 11 is 0. The van der Waals surface area contributed by atoms with Crippen LogP contribution in [0.1, 0.15) is 6.99 Å². The number of hydrogen-bond donors (Lipinski definition) is 0. The number of aryl methyl sites for hydroxylation is 1. The molecule has 0 N–H and O–H groups in total. The molecule has 0 aliphatic carbocycles. The molecule has 0 amide bonds. The van der Waals surface area contributed by atoms with Gasteiger partial charge in [-0.15, -0.1) is 0 Å². The molecule has 1 aromatic carbocycles. The van der Waals surface area contributed by atoms with Gasteiger partial charge in [-0.05, 0) is 6.92 Å². The smallest absolute Gasteiger partial charge is 1.00 e. The van der Waals surface area contributed by atoms with E-state index in [1.54, 1.807) is 0 Å². The molecule has 0 unspecified atom stereocenters. The molecule has 0 aliphatic heterocycles. The Hall–Kier alpha value is 1.27. The maximum Gasteiger partial charge on any atom is 1.00 e. The van der Waals surface area contributed by atoms with Crippen LogP contribution in [0.4, 0.5) is 0 Å². The summed E-state index contributed by atoms with van der Waals surface area (Å²) in [5, 5.41) is 0. The van der Waals surface area contributed by atoms with Gasteiger partial charge in [0.1, 0.15) is 0 Å². The molecular weight excluding hydrogens is 217 g/mol. The van der Waals surface area contributed by atoms with Crippen LogP contribution >= 0.6 is 0 Å². The van der Waals surface area contributed by atoms with Crippen LogP contribution in [0.25, 0.3) is 0 Å². The summed E-state index contributed by atoms with van der Waals surface area (Å²) in [5.41, 5.74) is 1.32. The SMILES string of the molecule is Cc1ccccc1.[Cs+].[H-]. The standard InChI is InChI=1S/C7H8.Cs.H/c1-7-5-3-2-4-6-7;;/h2-6H,1H3;;/q;+1;-1. The molecule has 1 rings (SSSR count). The summed E-state index contributed by atoms with van der Waals surface area (Å²) in [6, 6.07) is 10.3. The van der Waals surface area contributed by atoms with Gasteiger partial charge in [-0.3, -0.25) is 0 Å². The van der Waals surface area contributed by atoms with E-state index in [1.165, 1.54) is 5.56 Å². The van der Waals surface area contributed by atoms with Crippen LogP contribution in [-0.2, 0) is 0 Å². The zero-order valence-electron chi connectivity index (χ0n) is 6.39. The quantitative estimate of drug-likeness (QED) is 0.538. The van der Waals surface area contributed by atoms with Crippen molar-refractivity contribution in [2.75, 3.05) is 0 Å². The third-order valence-corrected chi connectivity index (χ3v) is 0.940. The minimum atomic E-state index is 0. The topological polar surface area (TPSA) is 0 Å². The van der Waals surface area contributed by atoms with Gasteiger partial charge >= 0.3 is 68.9 Å². The van der Waals surface area contributed by atoms with E-state index in [-0.39, 0.29) is 70.3 Å². The van der Waals surface area contributed by atoms with Gasteiger partial charge < -0.3 is 1.43 Å². The van der Waals surface area contributed by atoms with Gasteiger partial charge in [0.15, 0.2) is 0 Å². The van der Waals surface area contributed by atoms with Crippen LogP contribution in [0.5, 0.6) is 0 Å². The summed E-state index contributed by atoms with van der Waals surface area (Å²) in [5.74, 6) is 0. The Kier molecular flexibility index (Phi) is 5.90. The Morgan fingerprint density at radius 1 is 1.12 bits per heavy atom. The molecule has 0 aliphatic rings. The Labute approximate surface area is 111 Å². The van der Waals surface area contributed by atoms with E-state index < -0.39 is 0 Å². The average Bonchev–Trinajstić information content (AvgIpc) is 1.69. The fourth-order valence-electron chi connectivity index (χ4n) is 0.534. The fraction of sp³-hybridized carbons (Fsp3) is 0.143. The molecule has 0 atom stereocenters. The minimum Gasteiger partial charge on any atom is -1.00 e.